The van der Waals surface area contributed by atoms with Crippen molar-refractivity contribution >= 4 is 59.1 Å². The minimum Gasteiger partial charge on any atom is -0.507 e. The molecule has 5 fully saturated rings. The predicted octanol–water partition coefficient (Wildman–Crippen LogP) is 4.40. The van der Waals surface area contributed by atoms with Crippen molar-refractivity contribution in [3.05, 3.63) is 39.0 Å². The Morgan fingerprint density at radius 3 is 2.47 bits per heavy atom. The number of rotatable bonds is 19. The third kappa shape index (κ3) is 9.79. The number of benzene rings is 1. The van der Waals surface area contributed by atoms with Crippen molar-refractivity contribution in [2.75, 3.05) is 19.6 Å². The van der Waals surface area contributed by atoms with Gasteiger partial charge in [-0.25, -0.2) is 10.5 Å². The molecule has 2 bridgehead atoms. The van der Waals surface area contributed by atoms with E-state index >= 15 is 0 Å². The van der Waals surface area contributed by atoms with Gasteiger partial charge in [-0.15, -0.1) is 8.67 Å². The molecule has 1 saturated heterocycles. The Morgan fingerprint density at radius 1 is 1.05 bits per heavy atom. The highest BCUT2D eigenvalue weighted by Crippen LogP contribution is 2.70. The molecule has 6 rings (SSSR count). The molecule has 58 heavy (non-hydrogen) atoms. The van der Waals surface area contributed by atoms with Crippen LogP contribution in [0.4, 0.5) is 0 Å². The summed E-state index contributed by atoms with van der Waals surface area (Å²) in [4.78, 5) is 25.5. The molecular weight excluding hydrogens is 919 g/mol. The number of carboxylic acids is 1. The van der Waals surface area contributed by atoms with E-state index in [0.29, 0.717) is 29.4 Å². The number of fused-ring (bicyclic) bond motifs is 3. The number of hydrogen-bond donors (Lipinski definition) is 8. The molecule has 1 aliphatic heterocycles. The van der Waals surface area contributed by atoms with Gasteiger partial charge in [-0.3, -0.25) is 18.0 Å². The number of halogens is 1. The lowest BCUT2D eigenvalue weighted by Crippen LogP contribution is -2.63. The normalized spacial score (nSPS) is 36.9. The largest absolute Gasteiger partial charge is 0.507 e. The van der Waals surface area contributed by atoms with Crippen LogP contribution in [0, 0.1) is 45.0 Å². The monoisotopic (exact) mass is 972 g/mol. The van der Waals surface area contributed by atoms with E-state index in [0.717, 1.165) is 42.4 Å². The van der Waals surface area contributed by atoms with Gasteiger partial charge in [0.15, 0.2) is 30.9 Å². The van der Waals surface area contributed by atoms with Gasteiger partial charge in [-0.05, 0) is 127 Å². The van der Waals surface area contributed by atoms with Crippen molar-refractivity contribution < 1.29 is 77.1 Å². The summed E-state index contributed by atoms with van der Waals surface area (Å²) in [6, 6.07) is 3.69. The Hall–Kier alpha value is -1.39. The Morgan fingerprint density at radius 2 is 1.78 bits per heavy atom. The number of carboxylic acid groups (broad SMARTS) is 1. The quantitative estimate of drug-likeness (QED) is 0.0182. The van der Waals surface area contributed by atoms with Gasteiger partial charge in [0.2, 0.25) is 5.91 Å². The number of phenols is 1. The molecule has 13 atom stereocenters. The molecular formula is C37H53IN2O16S2. The van der Waals surface area contributed by atoms with Gasteiger partial charge in [0.25, 0.3) is 0 Å². The number of carbonyl (C=O) groups is 2. The van der Waals surface area contributed by atoms with Gasteiger partial charge < -0.3 is 40.5 Å². The van der Waals surface area contributed by atoms with Crippen molar-refractivity contribution in [2.45, 2.75) is 115 Å². The van der Waals surface area contributed by atoms with Crippen LogP contribution in [0.5, 0.6) is 5.75 Å². The number of phenolic OH excluding ortho intramolecular Hbond substituents is 1. The second-order valence-corrected chi connectivity index (χ2v) is 18.5. The van der Waals surface area contributed by atoms with E-state index in [9.17, 15) is 30.0 Å². The summed E-state index contributed by atoms with van der Waals surface area (Å²) >= 11 is 2.47. The van der Waals surface area contributed by atoms with Crippen molar-refractivity contribution in [1.29, 1.82) is 0 Å². The number of aliphatic carboxylic acids is 1. The molecule has 1 amide bonds. The third-order valence-electron chi connectivity index (χ3n) is 13.4. The molecule has 1 spiro atoms. The first-order valence-corrected chi connectivity index (χ1v) is 21.8. The number of hydrogen-bond acceptors (Lipinski definition) is 18. The minimum absolute atomic E-state index is 0.0414. The van der Waals surface area contributed by atoms with E-state index in [4.69, 9.17) is 28.4 Å². The topological polar surface area (TPSA) is 253 Å². The number of aromatic hydroxyl groups is 1. The van der Waals surface area contributed by atoms with Gasteiger partial charge in [0, 0.05) is 31.5 Å². The fourth-order valence-corrected chi connectivity index (χ4v) is 12.5. The molecule has 1 aromatic carbocycles. The predicted molar refractivity (Wildman–Crippen MR) is 213 cm³/mol. The highest BCUT2D eigenvalue weighted by Gasteiger charge is 2.67. The van der Waals surface area contributed by atoms with E-state index < -0.39 is 60.2 Å². The molecule has 1 aromatic rings. The molecule has 4 aliphatic carbocycles. The summed E-state index contributed by atoms with van der Waals surface area (Å²) in [6.07, 6.45) is -2.37. The first-order valence-electron chi connectivity index (χ1n) is 19.4. The van der Waals surface area contributed by atoms with Crippen LogP contribution >= 0.6 is 47.2 Å². The van der Waals surface area contributed by atoms with Crippen LogP contribution in [0.25, 0.3) is 0 Å². The maximum atomic E-state index is 12.9. The van der Waals surface area contributed by atoms with E-state index in [-0.39, 0.29) is 85.4 Å². The summed E-state index contributed by atoms with van der Waals surface area (Å²) in [5, 5.41) is 74.6. The van der Waals surface area contributed by atoms with Crippen molar-refractivity contribution in [3.8, 4) is 5.75 Å². The zero-order chi connectivity index (χ0) is 41.8. The van der Waals surface area contributed by atoms with Gasteiger partial charge in [0.05, 0.1) is 21.7 Å². The Bertz CT molecular complexity index is 1590. The van der Waals surface area contributed by atoms with Crippen LogP contribution in [0.1, 0.15) is 69.4 Å². The highest BCUT2D eigenvalue weighted by molar-refractivity contribution is 14.1. The lowest BCUT2D eigenvalue weighted by molar-refractivity contribution is -0.436. The molecule has 326 valence electrons. The maximum Gasteiger partial charge on any atom is 0.306 e. The highest BCUT2D eigenvalue weighted by atomic mass is 127. The number of aliphatic hydroxyl groups excluding tert-OH is 2. The Labute approximate surface area is 358 Å². The molecule has 1 heterocycles. The van der Waals surface area contributed by atoms with Crippen molar-refractivity contribution in [1.82, 2.24) is 10.6 Å². The van der Waals surface area contributed by atoms with E-state index in [1.165, 1.54) is 0 Å². The smallest absolute Gasteiger partial charge is 0.306 e. The SMILES string of the molecule is C=C1C2CCC3C4(C)CC(O[C@H]5O[C@H](CNCCNC(=O)CCc6cc(C)c(O)c(I)c6)[C@@H](OSOOO)[C@@H](OSOOO)C5O)CC(C(=O)O)C4CCC3(C2)[C@H]1O. The third-order valence-corrected chi connectivity index (χ3v) is 15.0. The van der Waals surface area contributed by atoms with Crippen LogP contribution in [-0.4, -0.2) is 105 Å². The summed E-state index contributed by atoms with van der Waals surface area (Å²) in [6.45, 7) is 8.77. The van der Waals surface area contributed by atoms with Crippen LogP contribution in [0.3, 0.4) is 0 Å². The Balaban J connectivity index is 1.13. The summed E-state index contributed by atoms with van der Waals surface area (Å²) in [5.41, 5.74) is 1.67. The molecule has 0 radical (unpaired) electrons. The van der Waals surface area contributed by atoms with Crippen LogP contribution in [0.15, 0.2) is 24.3 Å². The molecule has 8 unspecified atom stereocenters. The number of ether oxygens (including phenoxy) is 2. The number of carbonyl (C=O) groups excluding carboxylic acids is 1. The molecule has 18 nitrogen and oxygen atoms in total. The average Bonchev–Trinajstić information content (AvgIpc) is 3.36. The lowest BCUT2D eigenvalue weighted by Gasteiger charge is -2.62. The second kappa shape index (κ2) is 20.2. The fraction of sp³-hybridized carbons (Fsp3) is 0.730. The fourth-order valence-electron chi connectivity index (χ4n) is 10.9. The summed E-state index contributed by atoms with van der Waals surface area (Å²) in [5.74, 6) is -1.44. The van der Waals surface area contributed by atoms with E-state index in [1.807, 2.05) is 12.1 Å². The number of aliphatic hydroxyl groups is 2. The number of amides is 1. The van der Waals surface area contributed by atoms with Crippen LogP contribution < -0.4 is 10.6 Å². The average molecular weight is 973 g/mol. The first-order chi connectivity index (χ1) is 27.7. The molecule has 21 heteroatoms. The second-order valence-electron chi connectivity index (χ2n) is 16.4. The van der Waals surface area contributed by atoms with Crippen molar-refractivity contribution in [3.63, 3.8) is 0 Å². The first kappa shape index (κ1) is 46.1. The molecule has 8 N–H and O–H groups in total. The van der Waals surface area contributed by atoms with Gasteiger partial charge in [-0.1, -0.05) is 29.6 Å². The van der Waals surface area contributed by atoms with Gasteiger partial charge in [-0.2, -0.15) is 0 Å². The van der Waals surface area contributed by atoms with Crippen LogP contribution in [0.2, 0.25) is 0 Å². The van der Waals surface area contributed by atoms with E-state index in [2.05, 4.69) is 65.5 Å². The summed E-state index contributed by atoms with van der Waals surface area (Å²) < 4.78 is 33.7. The number of nitrogens with one attached hydrogen (secondary N) is 2. The zero-order valence-electron chi connectivity index (χ0n) is 32.2. The van der Waals surface area contributed by atoms with Gasteiger partial charge in [0.1, 0.15) is 30.2 Å². The standard InChI is InChI=1S/C37H53IN2O16S2/c1-18-12-20(13-25(38)29(18)42)4-7-28(41)40-11-10-39-17-26-31(51-57-55-53-47)32(52-58-56-54-48)30(43)35(50-26)49-22-14-23(34(45)46)24-8-9-37-15-21(19(2)33(37)44)5-6-27(37)36(24,3)16-22/h12-13,21-24,26-27,30-33,35,39,42-44,47-48H,2,4-11,14-17H2,1,3H3,(H,40,41)(H,45,46)/t21?,22?,23?,24?,26-,27?,30?,31-,32+,33+,35+,36?,37?/m1/s1. The minimum atomic E-state index is -1.58. The molecule has 0 aromatic heterocycles. The van der Waals surface area contributed by atoms with Gasteiger partial charge >= 0.3 is 5.97 Å². The Kier molecular flexibility index (Phi) is 16.1. The number of aryl methyl sites for hydroxylation is 2. The molecule has 4 saturated carbocycles. The summed E-state index contributed by atoms with van der Waals surface area (Å²) in [7, 11) is 0. The lowest BCUT2D eigenvalue weighted by atomic mass is 9.43. The molecule has 5 aliphatic rings. The van der Waals surface area contributed by atoms with Crippen molar-refractivity contribution in [2.24, 2.45) is 34.5 Å². The van der Waals surface area contributed by atoms with E-state index in [1.54, 1.807) is 6.92 Å². The zero-order valence-corrected chi connectivity index (χ0v) is 35.9. The van der Waals surface area contributed by atoms with Crippen LogP contribution in [-0.2, 0) is 52.6 Å². The maximum absolute atomic E-state index is 12.9.